The number of rotatable bonds is 10. The summed E-state index contributed by atoms with van der Waals surface area (Å²) in [5, 5.41) is 22.9. The molecule has 624 valence electrons. The minimum Gasteiger partial charge on any atom is -0.309 e. The van der Waals surface area contributed by atoms with Crippen LogP contribution in [0.25, 0.3) is 253 Å². The third-order valence-electron chi connectivity index (χ3n) is 28.1. The van der Waals surface area contributed by atoms with Crippen LogP contribution in [0.4, 0.5) is 0 Å². The van der Waals surface area contributed by atoms with E-state index in [9.17, 15) is 0 Å². The Morgan fingerprint density at radius 3 is 0.784 bits per heavy atom. The van der Waals surface area contributed by atoms with Crippen molar-refractivity contribution in [3.05, 3.63) is 497 Å². The Bertz CT molecular complexity index is 9540. The first-order valence-corrected chi connectivity index (χ1v) is 46.2. The van der Waals surface area contributed by atoms with Crippen LogP contribution < -0.4 is 0 Å². The molecular formula is C128H82N6. The van der Waals surface area contributed by atoms with Gasteiger partial charge in [0.15, 0.2) is 0 Å². The van der Waals surface area contributed by atoms with Crippen molar-refractivity contribution < 1.29 is 0 Å². The van der Waals surface area contributed by atoms with E-state index in [1.54, 1.807) is 0 Å². The predicted molar refractivity (Wildman–Crippen MR) is 568 cm³/mol. The lowest BCUT2D eigenvalue weighted by Gasteiger charge is -2.12. The summed E-state index contributed by atoms with van der Waals surface area (Å²) in [6.45, 7) is 0. The van der Waals surface area contributed by atoms with Crippen molar-refractivity contribution in [1.82, 2.24) is 27.2 Å². The third-order valence-corrected chi connectivity index (χ3v) is 28.1. The monoisotopic (exact) mass is 1700 g/mol. The Labute approximate surface area is 772 Å². The Balaban J connectivity index is 0.000000103. The van der Waals surface area contributed by atoms with Gasteiger partial charge in [0.25, 0.3) is 0 Å². The zero-order chi connectivity index (χ0) is 88.0. The van der Waals surface area contributed by atoms with Gasteiger partial charge in [-0.15, -0.1) is 0 Å². The van der Waals surface area contributed by atoms with Gasteiger partial charge in [-0.25, -0.2) is 0 Å². The largest absolute Gasteiger partial charge is 0.309 e. The van der Waals surface area contributed by atoms with Gasteiger partial charge in [-0.3, -0.25) is 0 Å². The Morgan fingerprint density at radius 1 is 0.112 bits per heavy atom. The lowest BCUT2D eigenvalue weighted by molar-refractivity contribution is 1.18. The smallest absolute Gasteiger partial charge is 0.0620 e. The maximum absolute atomic E-state index is 2.44. The molecule has 0 saturated heterocycles. The van der Waals surface area contributed by atoms with E-state index in [1.807, 2.05) is 0 Å². The second kappa shape index (κ2) is 31.0. The molecule has 7 aromatic heterocycles. The first-order chi connectivity index (χ1) is 66.5. The molecule has 134 heavy (non-hydrogen) atoms. The summed E-state index contributed by atoms with van der Waals surface area (Å²) >= 11 is 0. The molecule has 6 nitrogen and oxygen atoms in total. The lowest BCUT2D eigenvalue weighted by atomic mass is 10.00. The lowest BCUT2D eigenvalue weighted by Crippen LogP contribution is -1.95. The summed E-state index contributed by atoms with van der Waals surface area (Å²) in [5.74, 6) is 0. The normalized spacial score (nSPS) is 11.9. The van der Waals surface area contributed by atoms with Gasteiger partial charge in [0.1, 0.15) is 0 Å². The first kappa shape index (κ1) is 76.2. The highest BCUT2D eigenvalue weighted by molar-refractivity contribution is 6.24. The number of benzene rings is 22. The van der Waals surface area contributed by atoms with Crippen LogP contribution in [0.15, 0.2) is 497 Å². The number of hydrogen-bond donors (Lipinski definition) is 0. The van der Waals surface area contributed by atoms with Crippen molar-refractivity contribution in [3.8, 4) is 84.1 Å². The second-order valence-corrected chi connectivity index (χ2v) is 35.4. The summed E-state index contributed by atoms with van der Waals surface area (Å²) in [5.41, 5.74) is 34.2. The maximum Gasteiger partial charge on any atom is 0.0620 e. The van der Waals surface area contributed by atoms with Crippen LogP contribution in [0.2, 0.25) is 0 Å². The van der Waals surface area contributed by atoms with E-state index < -0.39 is 0 Å². The van der Waals surface area contributed by atoms with Crippen molar-refractivity contribution >= 4 is 169 Å². The number of aromatic nitrogens is 6. The van der Waals surface area contributed by atoms with E-state index in [0.29, 0.717) is 0 Å². The molecular weight excluding hydrogens is 1620 g/mol. The summed E-state index contributed by atoms with van der Waals surface area (Å²) in [7, 11) is 0. The van der Waals surface area contributed by atoms with Gasteiger partial charge in [-0.05, 0) is 236 Å². The van der Waals surface area contributed by atoms with Gasteiger partial charge in [-0.2, -0.15) is 0 Å². The molecule has 7 heterocycles. The number of nitrogens with zero attached hydrogens (tertiary/aromatic N) is 6. The van der Waals surface area contributed by atoms with Crippen molar-refractivity contribution in [2.45, 2.75) is 0 Å². The van der Waals surface area contributed by atoms with Crippen molar-refractivity contribution in [2.75, 3.05) is 0 Å². The Hall–Kier alpha value is -17.8. The van der Waals surface area contributed by atoms with Gasteiger partial charge in [-0.1, -0.05) is 334 Å². The molecule has 29 rings (SSSR count). The molecule has 0 unspecified atom stereocenters. The standard InChI is InChI=1S/C48H32N2.C44H28N2.C36H22N2/c1-3-11-33(12-4-1)35-19-25-39(26-20-35)49-45-17-9-7-15-41(45)43-31-37(23-29-47(43)49)38-24-30-48-44(32-38)42-16-8-10-18-46(42)50(48)40-27-21-36(22-28-40)34-13-5-2-6-14-34;1-2-12-31-26-34(23-20-29(31)10-1)45-41-17-7-5-15-36(41)38-27-32(21-24-43(38)45)33-22-25-44-39(28-33)37-16-6-8-18-42(37)46(44)40-19-9-13-30-11-3-4-14-35(30)40;1-2-9-25(10-3-1)37-32-15-6-5-12-27(32)30-21-23(17-19-34(30)37)24-18-20-35-31(22-24)29-14-8-13-28-26-11-4-7-16-33(26)38(35)36(28)29/h1-32H;1-28H;1-22H. The van der Waals surface area contributed by atoms with E-state index >= 15 is 0 Å². The van der Waals surface area contributed by atoms with Gasteiger partial charge in [0, 0.05) is 104 Å². The molecule has 0 atom stereocenters. The fraction of sp³-hybridized carbons (Fsp3) is 0. The maximum atomic E-state index is 2.44. The molecule has 6 heteroatoms. The quantitative estimate of drug-likeness (QED) is 0.131. The van der Waals surface area contributed by atoms with Crippen LogP contribution in [0, 0.1) is 0 Å². The summed E-state index contributed by atoms with van der Waals surface area (Å²) in [6.07, 6.45) is 0. The van der Waals surface area contributed by atoms with Crippen molar-refractivity contribution in [3.63, 3.8) is 0 Å². The molecule has 0 aliphatic rings. The summed E-state index contributed by atoms with van der Waals surface area (Å²) in [4.78, 5) is 0. The highest BCUT2D eigenvalue weighted by Gasteiger charge is 2.24. The SMILES string of the molecule is c1ccc(-c2ccc(-n3c4ccccc4c4cc(-c5ccc6c(c5)c5ccccc5n6-c5ccc(-c6ccccc6)cc5)ccc43)cc2)cc1.c1ccc(-n2c3ccccc3c3cc(-c4ccc5c(c4)c4cccc6c7ccccc7n5c64)ccc32)cc1.c1ccc2cc(-n3c4ccccc4c4cc(-c5ccc6c(c5)c5ccccc5n6-c5cccc6ccccc56)ccc43)ccc2c1. The van der Waals surface area contributed by atoms with Gasteiger partial charge >= 0.3 is 0 Å². The fourth-order valence-corrected chi connectivity index (χ4v) is 21.9. The molecule has 0 aliphatic carbocycles. The first-order valence-electron chi connectivity index (χ1n) is 46.2. The van der Waals surface area contributed by atoms with Crippen LogP contribution in [0.1, 0.15) is 0 Å². The van der Waals surface area contributed by atoms with E-state index in [1.165, 1.54) is 241 Å². The minimum absolute atomic E-state index is 1.16. The Morgan fingerprint density at radius 2 is 0.358 bits per heavy atom. The molecule has 0 aliphatic heterocycles. The molecule has 0 amide bonds. The molecule has 0 radical (unpaired) electrons. The van der Waals surface area contributed by atoms with Gasteiger partial charge < -0.3 is 27.2 Å². The topological polar surface area (TPSA) is 29.1 Å². The van der Waals surface area contributed by atoms with E-state index in [4.69, 9.17) is 0 Å². The van der Waals surface area contributed by atoms with Crippen molar-refractivity contribution in [2.24, 2.45) is 0 Å². The third kappa shape index (κ3) is 12.3. The second-order valence-electron chi connectivity index (χ2n) is 35.4. The van der Waals surface area contributed by atoms with E-state index in [-0.39, 0.29) is 0 Å². The van der Waals surface area contributed by atoms with Crippen LogP contribution in [0.3, 0.4) is 0 Å². The van der Waals surface area contributed by atoms with Crippen LogP contribution in [0.5, 0.6) is 0 Å². The fourth-order valence-electron chi connectivity index (χ4n) is 21.9. The molecule has 0 N–H and O–H groups in total. The predicted octanol–water partition coefficient (Wildman–Crippen LogP) is 34.3. The highest BCUT2D eigenvalue weighted by Crippen LogP contribution is 2.46. The zero-order valence-corrected chi connectivity index (χ0v) is 73.0. The number of hydrogen-bond acceptors (Lipinski definition) is 0. The van der Waals surface area contributed by atoms with E-state index in [0.717, 1.165) is 11.4 Å². The molecule has 0 saturated carbocycles. The summed E-state index contributed by atoms with van der Waals surface area (Å²) < 4.78 is 14.4. The number of para-hydroxylation sites is 8. The number of fused-ring (bicyclic) bond motifs is 23. The van der Waals surface area contributed by atoms with Crippen LogP contribution in [-0.2, 0) is 0 Å². The molecule has 0 bridgehead atoms. The molecule has 0 spiro atoms. The van der Waals surface area contributed by atoms with E-state index in [2.05, 4.69) is 525 Å². The molecule has 22 aromatic carbocycles. The zero-order valence-electron chi connectivity index (χ0n) is 73.0. The van der Waals surface area contributed by atoms with Gasteiger partial charge in [0.05, 0.1) is 77.4 Å². The minimum atomic E-state index is 1.16. The average molecular weight is 1700 g/mol. The molecule has 29 aromatic rings. The Kier molecular flexibility index (Phi) is 17.6. The van der Waals surface area contributed by atoms with Crippen LogP contribution in [-0.4, -0.2) is 27.2 Å². The summed E-state index contributed by atoms with van der Waals surface area (Å²) in [6, 6.07) is 181. The van der Waals surface area contributed by atoms with Gasteiger partial charge in [0.2, 0.25) is 0 Å². The van der Waals surface area contributed by atoms with Crippen molar-refractivity contribution in [1.29, 1.82) is 0 Å². The average Bonchev–Trinajstić information content (AvgIpc) is 1.54. The van der Waals surface area contributed by atoms with Crippen LogP contribution >= 0.6 is 0 Å². The highest BCUT2D eigenvalue weighted by atomic mass is 15.0. The molecule has 0 fully saturated rings.